The van der Waals surface area contributed by atoms with Gasteiger partial charge >= 0.3 is 0 Å². The van der Waals surface area contributed by atoms with Crippen LogP contribution in [0.15, 0.2) is 24.3 Å². The monoisotopic (exact) mass is 291 g/mol. The van der Waals surface area contributed by atoms with E-state index in [1.165, 1.54) is 11.1 Å². The van der Waals surface area contributed by atoms with Gasteiger partial charge in [0.15, 0.2) is 0 Å². The molecule has 2 rings (SSSR count). The normalized spacial score (nSPS) is 16.5. The maximum atomic E-state index is 5.88. The van der Waals surface area contributed by atoms with Crippen molar-refractivity contribution in [2.24, 2.45) is 11.8 Å². The summed E-state index contributed by atoms with van der Waals surface area (Å²) in [5.74, 6) is 1.37. The number of ether oxygens (including phenoxy) is 2. The van der Waals surface area contributed by atoms with Crippen molar-refractivity contribution in [2.75, 3.05) is 26.4 Å². The molecule has 0 bridgehead atoms. The first kappa shape index (κ1) is 16.5. The number of hydrogen-bond acceptors (Lipinski definition) is 3. The van der Waals surface area contributed by atoms with Crippen LogP contribution in [-0.4, -0.2) is 26.4 Å². The Morgan fingerprint density at radius 1 is 1.24 bits per heavy atom. The van der Waals surface area contributed by atoms with Crippen LogP contribution < -0.4 is 5.32 Å². The van der Waals surface area contributed by atoms with Gasteiger partial charge in [0.1, 0.15) is 0 Å². The lowest BCUT2D eigenvalue weighted by molar-refractivity contribution is 0.0157. The summed E-state index contributed by atoms with van der Waals surface area (Å²) in [5.41, 5.74) is 2.61. The highest BCUT2D eigenvalue weighted by Crippen LogP contribution is 2.16. The third-order valence-electron chi connectivity index (χ3n) is 3.84. The van der Waals surface area contributed by atoms with E-state index in [-0.39, 0.29) is 0 Å². The molecule has 1 saturated heterocycles. The van der Waals surface area contributed by atoms with Gasteiger partial charge in [0.25, 0.3) is 0 Å². The Labute approximate surface area is 129 Å². The topological polar surface area (TPSA) is 30.5 Å². The van der Waals surface area contributed by atoms with Crippen LogP contribution in [-0.2, 0) is 22.6 Å². The minimum absolute atomic E-state index is 0.676. The zero-order valence-corrected chi connectivity index (χ0v) is 13.4. The molecule has 1 aromatic carbocycles. The summed E-state index contributed by atoms with van der Waals surface area (Å²) in [6.45, 7) is 9.82. The van der Waals surface area contributed by atoms with Crippen LogP contribution in [0.1, 0.15) is 37.8 Å². The van der Waals surface area contributed by atoms with Crippen LogP contribution in [0, 0.1) is 11.8 Å². The number of rotatable bonds is 8. The first-order chi connectivity index (χ1) is 10.2. The van der Waals surface area contributed by atoms with Gasteiger partial charge in [0.2, 0.25) is 0 Å². The summed E-state index contributed by atoms with van der Waals surface area (Å²) >= 11 is 0. The molecule has 0 unspecified atom stereocenters. The molecule has 0 radical (unpaired) electrons. The summed E-state index contributed by atoms with van der Waals surface area (Å²) in [6, 6.07) is 8.70. The molecule has 1 N–H and O–H groups in total. The third-order valence-corrected chi connectivity index (χ3v) is 3.84. The Balaban J connectivity index is 1.70. The number of benzene rings is 1. The minimum Gasteiger partial charge on any atom is -0.381 e. The molecule has 1 aliphatic heterocycles. The van der Waals surface area contributed by atoms with Crippen molar-refractivity contribution in [3.05, 3.63) is 35.4 Å². The molecule has 0 amide bonds. The summed E-state index contributed by atoms with van der Waals surface area (Å²) in [5, 5.41) is 3.48. The van der Waals surface area contributed by atoms with Gasteiger partial charge in [-0.1, -0.05) is 38.1 Å². The van der Waals surface area contributed by atoms with Gasteiger partial charge in [0.05, 0.1) is 13.2 Å². The van der Waals surface area contributed by atoms with Gasteiger partial charge in [0, 0.05) is 19.8 Å². The molecule has 3 nitrogen and oxygen atoms in total. The first-order valence-electron chi connectivity index (χ1n) is 8.18. The van der Waals surface area contributed by atoms with E-state index in [1.54, 1.807) is 0 Å². The fourth-order valence-electron chi connectivity index (χ4n) is 2.59. The lowest BCUT2D eigenvalue weighted by Gasteiger charge is -2.21. The standard InChI is InChI=1S/C18H29NO2/c1-15(2)11-19-12-17-4-3-5-18(10-17)14-21-13-16-6-8-20-9-7-16/h3-5,10,15-16,19H,6-9,11-14H2,1-2H3. The van der Waals surface area contributed by atoms with E-state index in [9.17, 15) is 0 Å². The van der Waals surface area contributed by atoms with Crippen molar-refractivity contribution in [1.82, 2.24) is 5.32 Å². The van der Waals surface area contributed by atoms with E-state index in [0.717, 1.165) is 52.4 Å². The van der Waals surface area contributed by atoms with Gasteiger partial charge in [-0.25, -0.2) is 0 Å². The highest BCUT2D eigenvalue weighted by atomic mass is 16.5. The highest BCUT2D eigenvalue weighted by Gasteiger charge is 2.13. The Hall–Kier alpha value is -0.900. The minimum atomic E-state index is 0.676. The summed E-state index contributed by atoms with van der Waals surface area (Å²) in [6.07, 6.45) is 2.28. The number of nitrogens with one attached hydrogen (secondary N) is 1. The molecular weight excluding hydrogens is 262 g/mol. The predicted octanol–water partition coefficient (Wildman–Crippen LogP) is 3.38. The second-order valence-electron chi connectivity index (χ2n) is 6.42. The maximum absolute atomic E-state index is 5.88. The van der Waals surface area contributed by atoms with Crippen LogP contribution in [0.25, 0.3) is 0 Å². The van der Waals surface area contributed by atoms with Crippen molar-refractivity contribution in [3.8, 4) is 0 Å². The van der Waals surface area contributed by atoms with Gasteiger partial charge in [-0.3, -0.25) is 0 Å². The Morgan fingerprint density at radius 2 is 2.00 bits per heavy atom. The van der Waals surface area contributed by atoms with Crippen molar-refractivity contribution >= 4 is 0 Å². The van der Waals surface area contributed by atoms with E-state index in [4.69, 9.17) is 9.47 Å². The summed E-state index contributed by atoms with van der Waals surface area (Å²) in [7, 11) is 0. The molecule has 0 aromatic heterocycles. The quantitative estimate of drug-likeness (QED) is 0.796. The Morgan fingerprint density at radius 3 is 2.76 bits per heavy atom. The van der Waals surface area contributed by atoms with Gasteiger partial charge < -0.3 is 14.8 Å². The van der Waals surface area contributed by atoms with Crippen molar-refractivity contribution in [2.45, 2.75) is 39.8 Å². The SMILES string of the molecule is CC(C)CNCc1cccc(COCC2CCOCC2)c1. The van der Waals surface area contributed by atoms with Crippen molar-refractivity contribution < 1.29 is 9.47 Å². The van der Waals surface area contributed by atoms with Crippen LogP contribution in [0.5, 0.6) is 0 Å². The molecular formula is C18H29NO2. The fraction of sp³-hybridized carbons (Fsp3) is 0.667. The van der Waals surface area contributed by atoms with Crippen LogP contribution in [0.3, 0.4) is 0 Å². The average molecular weight is 291 g/mol. The smallest absolute Gasteiger partial charge is 0.0717 e. The molecule has 0 spiro atoms. The Kier molecular flexibility index (Phi) is 7.20. The zero-order valence-electron chi connectivity index (χ0n) is 13.4. The van der Waals surface area contributed by atoms with E-state index in [1.807, 2.05) is 0 Å². The highest BCUT2D eigenvalue weighted by molar-refractivity contribution is 5.22. The molecule has 0 saturated carbocycles. The number of hydrogen-bond donors (Lipinski definition) is 1. The molecule has 118 valence electrons. The van der Waals surface area contributed by atoms with Gasteiger partial charge in [-0.2, -0.15) is 0 Å². The van der Waals surface area contributed by atoms with Crippen LogP contribution in [0.2, 0.25) is 0 Å². The van der Waals surface area contributed by atoms with E-state index in [2.05, 4.69) is 43.4 Å². The summed E-state index contributed by atoms with van der Waals surface area (Å²) in [4.78, 5) is 0. The van der Waals surface area contributed by atoms with E-state index in [0.29, 0.717) is 11.8 Å². The largest absolute Gasteiger partial charge is 0.381 e. The van der Waals surface area contributed by atoms with Crippen LogP contribution in [0.4, 0.5) is 0 Å². The fourth-order valence-corrected chi connectivity index (χ4v) is 2.59. The van der Waals surface area contributed by atoms with Gasteiger partial charge in [-0.05, 0) is 42.3 Å². The van der Waals surface area contributed by atoms with Crippen LogP contribution >= 0.6 is 0 Å². The zero-order chi connectivity index (χ0) is 14.9. The second kappa shape index (κ2) is 9.19. The first-order valence-corrected chi connectivity index (χ1v) is 8.18. The van der Waals surface area contributed by atoms with Crippen molar-refractivity contribution in [3.63, 3.8) is 0 Å². The van der Waals surface area contributed by atoms with E-state index >= 15 is 0 Å². The molecule has 0 aliphatic carbocycles. The Bertz CT molecular complexity index is 400. The molecule has 3 heteroatoms. The maximum Gasteiger partial charge on any atom is 0.0717 e. The third kappa shape index (κ3) is 6.60. The van der Waals surface area contributed by atoms with E-state index < -0.39 is 0 Å². The van der Waals surface area contributed by atoms with Gasteiger partial charge in [-0.15, -0.1) is 0 Å². The lowest BCUT2D eigenvalue weighted by atomic mass is 10.0. The molecule has 0 atom stereocenters. The molecule has 21 heavy (non-hydrogen) atoms. The predicted molar refractivity (Wildman–Crippen MR) is 86.2 cm³/mol. The summed E-state index contributed by atoms with van der Waals surface area (Å²) < 4.78 is 11.3. The van der Waals surface area contributed by atoms with Crippen molar-refractivity contribution in [1.29, 1.82) is 0 Å². The lowest BCUT2D eigenvalue weighted by Crippen LogP contribution is -2.20. The molecule has 1 aliphatic rings. The molecule has 1 fully saturated rings. The molecule has 1 aromatic rings. The second-order valence-corrected chi connectivity index (χ2v) is 6.42. The molecule has 1 heterocycles. The average Bonchev–Trinajstić information content (AvgIpc) is 2.48.